The lowest BCUT2D eigenvalue weighted by Gasteiger charge is -2.20. The fourth-order valence-corrected chi connectivity index (χ4v) is 3.54. The molecule has 2 aliphatic heterocycles. The van der Waals surface area contributed by atoms with Gasteiger partial charge in [-0.25, -0.2) is 5.43 Å². The zero-order valence-corrected chi connectivity index (χ0v) is 16.7. The maximum atomic E-state index is 4.72. The largest absolute Gasteiger partial charge is 0.378 e. The third-order valence-electron chi connectivity index (χ3n) is 5.18. The monoisotopic (exact) mass is 380 g/mol. The number of nitrogens with one attached hydrogen (secondary N) is 1. The van der Waals surface area contributed by atoms with Crippen molar-refractivity contribution in [3.8, 4) is 0 Å². The first-order valence-electron chi connectivity index (χ1n) is 10.0. The number of hydrazone groups is 1. The Labute approximate surface area is 166 Å². The summed E-state index contributed by atoms with van der Waals surface area (Å²) in [6.07, 6.45) is 6.54. The minimum absolute atomic E-state index is 0.500. The lowest BCUT2D eigenvalue weighted by Crippen LogP contribution is -2.25. The molecule has 148 valence electrons. The zero-order chi connectivity index (χ0) is 19.3. The van der Waals surface area contributed by atoms with Gasteiger partial charge in [0.05, 0.1) is 6.21 Å². The van der Waals surface area contributed by atoms with Gasteiger partial charge in [0.1, 0.15) is 0 Å². The normalized spacial score (nSPS) is 16.9. The third-order valence-corrected chi connectivity index (χ3v) is 5.18. The van der Waals surface area contributed by atoms with Crippen LogP contribution < -0.4 is 20.1 Å². The third kappa shape index (κ3) is 4.32. The highest BCUT2D eigenvalue weighted by atomic mass is 15.4. The molecular formula is C20H28N8. The summed E-state index contributed by atoms with van der Waals surface area (Å²) >= 11 is 0. The molecule has 2 saturated heterocycles. The average Bonchev–Trinajstić information content (AvgIpc) is 3.42. The predicted molar refractivity (Wildman–Crippen MR) is 115 cm³/mol. The SMILES string of the molecule is CN(C)c1ccc(/C=N/Nc2nc(N3CCCC3)nc(N3CCCC3)n2)cc1. The lowest BCUT2D eigenvalue weighted by molar-refractivity contribution is 0.838. The second-order valence-corrected chi connectivity index (χ2v) is 7.50. The standard InChI is InChI=1S/C20H28N8/c1-26(2)17-9-7-16(8-10-17)15-21-25-18-22-19(27-11-3-4-12-27)24-20(23-18)28-13-5-6-14-28/h7-10,15H,3-6,11-14H2,1-2H3,(H,22,23,24,25)/b21-15+. The number of hydrogen-bond donors (Lipinski definition) is 1. The second-order valence-electron chi connectivity index (χ2n) is 7.50. The summed E-state index contributed by atoms with van der Waals surface area (Å²) in [5.74, 6) is 2.00. The minimum Gasteiger partial charge on any atom is -0.378 e. The number of aromatic nitrogens is 3. The molecule has 2 fully saturated rings. The molecule has 1 aromatic heterocycles. The smallest absolute Gasteiger partial charge is 0.250 e. The van der Waals surface area contributed by atoms with Crippen molar-refractivity contribution in [2.75, 3.05) is 60.4 Å². The molecule has 0 saturated carbocycles. The number of anilines is 4. The van der Waals surface area contributed by atoms with Crippen LogP contribution in [0.4, 0.5) is 23.5 Å². The van der Waals surface area contributed by atoms with E-state index in [-0.39, 0.29) is 0 Å². The number of benzene rings is 1. The molecule has 2 aliphatic rings. The van der Waals surface area contributed by atoms with Crippen LogP contribution in [0.5, 0.6) is 0 Å². The van der Waals surface area contributed by atoms with Crippen molar-refractivity contribution in [2.45, 2.75) is 25.7 Å². The van der Waals surface area contributed by atoms with Gasteiger partial charge in [-0.2, -0.15) is 20.1 Å². The molecule has 8 nitrogen and oxygen atoms in total. The number of rotatable bonds is 6. The maximum Gasteiger partial charge on any atom is 0.250 e. The van der Waals surface area contributed by atoms with Crippen LogP contribution in [0.3, 0.4) is 0 Å². The molecule has 0 atom stereocenters. The van der Waals surface area contributed by atoms with E-state index in [1.165, 1.54) is 25.7 Å². The quantitative estimate of drug-likeness (QED) is 0.610. The second kappa shape index (κ2) is 8.41. The van der Waals surface area contributed by atoms with E-state index in [2.05, 4.69) is 47.3 Å². The molecule has 0 unspecified atom stereocenters. The van der Waals surface area contributed by atoms with Gasteiger partial charge in [-0.3, -0.25) is 0 Å². The van der Waals surface area contributed by atoms with Gasteiger partial charge in [-0.15, -0.1) is 0 Å². The molecule has 0 bridgehead atoms. The highest BCUT2D eigenvalue weighted by molar-refractivity contribution is 5.80. The Hall–Kier alpha value is -2.90. The summed E-state index contributed by atoms with van der Waals surface area (Å²) < 4.78 is 0. The Kier molecular flexibility index (Phi) is 5.55. The zero-order valence-electron chi connectivity index (χ0n) is 16.7. The van der Waals surface area contributed by atoms with Crippen LogP contribution >= 0.6 is 0 Å². The molecule has 1 N–H and O–H groups in total. The number of hydrogen-bond acceptors (Lipinski definition) is 8. The molecule has 0 amide bonds. The Morgan fingerprint density at radius 3 is 1.89 bits per heavy atom. The van der Waals surface area contributed by atoms with Gasteiger partial charge in [0, 0.05) is 46.0 Å². The predicted octanol–water partition coefficient (Wildman–Crippen LogP) is 2.58. The fourth-order valence-electron chi connectivity index (χ4n) is 3.54. The molecule has 8 heteroatoms. The Bertz CT molecular complexity index is 771. The van der Waals surface area contributed by atoms with Crippen LogP contribution in [0.25, 0.3) is 0 Å². The van der Waals surface area contributed by atoms with Crippen LogP contribution in [0, 0.1) is 0 Å². The van der Waals surface area contributed by atoms with Crippen molar-refractivity contribution in [3.05, 3.63) is 29.8 Å². The first-order valence-corrected chi connectivity index (χ1v) is 10.0. The number of nitrogens with zero attached hydrogens (tertiary/aromatic N) is 7. The van der Waals surface area contributed by atoms with E-state index in [9.17, 15) is 0 Å². The van der Waals surface area contributed by atoms with Crippen LogP contribution in [0.1, 0.15) is 31.2 Å². The topological polar surface area (TPSA) is 72.8 Å². The lowest BCUT2D eigenvalue weighted by atomic mass is 10.2. The summed E-state index contributed by atoms with van der Waals surface area (Å²) in [5.41, 5.74) is 5.18. The Morgan fingerprint density at radius 1 is 0.857 bits per heavy atom. The van der Waals surface area contributed by atoms with E-state index in [1.54, 1.807) is 6.21 Å². The van der Waals surface area contributed by atoms with Gasteiger partial charge in [0.15, 0.2) is 0 Å². The summed E-state index contributed by atoms with van der Waals surface area (Å²) in [7, 11) is 4.06. The molecule has 0 radical (unpaired) electrons. The first-order chi connectivity index (χ1) is 13.7. The fraction of sp³-hybridized carbons (Fsp3) is 0.500. The van der Waals surface area contributed by atoms with Crippen molar-refractivity contribution in [1.82, 2.24) is 15.0 Å². The van der Waals surface area contributed by atoms with Crippen molar-refractivity contribution in [3.63, 3.8) is 0 Å². The van der Waals surface area contributed by atoms with E-state index in [0.29, 0.717) is 5.95 Å². The van der Waals surface area contributed by atoms with Gasteiger partial charge in [-0.1, -0.05) is 12.1 Å². The van der Waals surface area contributed by atoms with Gasteiger partial charge >= 0.3 is 0 Å². The van der Waals surface area contributed by atoms with E-state index in [0.717, 1.165) is 49.3 Å². The Balaban J connectivity index is 1.50. The van der Waals surface area contributed by atoms with Crippen molar-refractivity contribution in [1.29, 1.82) is 0 Å². The summed E-state index contributed by atoms with van der Waals surface area (Å²) in [5, 5.41) is 4.34. The summed E-state index contributed by atoms with van der Waals surface area (Å²) in [6.45, 7) is 4.02. The van der Waals surface area contributed by atoms with Crippen LogP contribution in [0.2, 0.25) is 0 Å². The molecule has 4 rings (SSSR count). The summed E-state index contributed by atoms with van der Waals surface area (Å²) in [6, 6.07) is 8.22. The van der Waals surface area contributed by atoms with E-state index in [4.69, 9.17) is 4.98 Å². The molecule has 0 spiro atoms. The van der Waals surface area contributed by atoms with Crippen molar-refractivity contribution in [2.24, 2.45) is 5.10 Å². The molecule has 0 aliphatic carbocycles. The minimum atomic E-state index is 0.500. The molecular weight excluding hydrogens is 352 g/mol. The van der Waals surface area contributed by atoms with Gasteiger partial charge in [-0.05, 0) is 43.4 Å². The molecule has 28 heavy (non-hydrogen) atoms. The van der Waals surface area contributed by atoms with Gasteiger partial charge in [0.25, 0.3) is 0 Å². The average molecular weight is 381 g/mol. The summed E-state index contributed by atoms with van der Waals surface area (Å²) in [4.78, 5) is 20.5. The Morgan fingerprint density at radius 2 is 1.39 bits per heavy atom. The molecule has 3 heterocycles. The maximum absolute atomic E-state index is 4.72. The van der Waals surface area contributed by atoms with Gasteiger partial charge < -0.3 is 14.7 Å². The van der Waals surface area contributed by atoms with Gasteiger partial charge in [0.2, 0.25) is 17.8 Å². The molecule has 1 aromatic carbocycles. The van der Waals surface area contributed by atoms with E-state index in [1.807, 2.05) is 26.2 Å². The van der Waals surface area contributed by atoms with Crippen molar-refractivity contribution >= 4 is 29.7 Å². The highest BCUT2D eigenvalue weighted by Gasteiger charge is 2.21. The van der Waals surface area contributed by atoms with E-state index < -0.39 is 0 Å². The molecule has 2 aromatic rings. The van der Waals surface area contributed by atoms with Crippen LogP contribution in [-0.2, 0) is 0 Å². The van der Waals surface area contributed by atoms with E-state index >= 15 is 0 Å². The highest BCUT2D eigenvalue weighted by Crippen LogP contribution is 2.22. The van der Waals surface area contributed by atoms with Crippen molar-refractivity contribution < 1.29 is 0 Å². The first kappa shape index (κ1) is 18.5. The van der Waals surface area contributed by atoms with Crippen LogP contribution in [-0.4, -0.2) is 61.4 Å². The van der Waals surface area contributed by atoms with Crippen LogP contribution in [0.15, 0.2) is 29.4 Å².